The number of rotatable bonds is 6. The molecule has 0 radical (unpaired) electrons. The van der Waals surface area contributed by atoms with Crippen LogP contribution in [0.2, 0.25) is 0 Å². The van der Waals surface area contributed by atoms with Crippen LogP contribution >= 0.6 is 0 Å². The van der Waals surface area contributed by atoms with Gasteiger partial charge in [0.1, 0.15) is 12.4 Å². The van der Waals surface area contributed by atoms with Crippen LogP contribution < -0.4 is 10.1 Å². The quantitative estimate of drug-likeness (QED) is 0.800. The van der Waals surface area contributed by atoms with Crippen LogP contribution in [0, 0.1) is 0 Å². The van der Waals surface area contributed by atoms with Crippen molar-refractivity contribution in [3.8, 4) is 16.9 Å². The number of aldehydes is 1. The van der Waals surface area contributed by atoms with E-state index < -0.39 is 5.97 Å². The molecule has 0 unspecified atom stereocenters. The van der Waals surface area contributed by atoms with Crippen LogP contribution in [0.4, 0.5) is 5.69 Å². The first kappa shape index (κ1) is 16.2. The predicted molar refractivity (Wildman–Crippen MR) is 84.7 cm³/mol. The highest BCUT2D eigenvalue weighted by molar-refractivity contribution is 5.97. The van der Waals surface area contributed by atoms with Crippen molar-refractivity contribution in [3.05, 3.63) is 48.0 Å². The number of anilines is 1. The van der Waals surface area contributed by atoms with E-state index in [1.807, 2.05) is 0 Å². The molecule has 0 aromatic heterocycles. The zero-order valence-electron chi connectivity index (χ0n) is 12.4. The monoisotopic (exact) mass is 313 g/mol. The van der Waals surface area contributed by atoms with E-state index in [1.165, 1.54) is 19.1 Å². The van der Waals surface area contributed by atoms with Gasteiger partial charge in [-0.25, -0.2) is 4.79 Å². The fourth-order valence-corrected chi connectivity index (χ4v) is 2.14. The summed E-state index contributed by atoms with van der Waals surface area (Å²) in [4.78, 5) is 33.1. The van der Waals surface area contributed by atoms with Gasteiger partial charge in [-0.2, -0.15) is 0 Å². The molecule has 2 aromatic rings. The number of para-hydroxylation sites is 1. The summed E-state index contributed by atoms with van der Waals surface area (Å²) < 4.78 is 5.33. The van der Waals surface area contributed by atoms with Gasteiger partial charge in [-0.05, 0) is 23.8 Å². The number of carboxylic acids is 1. The Morgan fingerprint density at radius 1 is 1.22 bits per heavy atom. The van der Waals surface area contributed by atoms with Crippen molar-refractivity contribution in [2.45, 2.75) is 6.92 Å². The van der Waals surface area contributed by atoms with E-state index in [0.717, 1.165) is 0 Å². The van der Waals surface area contributed by atoms with Crippen molar-refractivity contribution in [3.63, 3.8) is 0 Å². The van der Waals surface area contributed by atoms with E-state index in [-0.39, 0.29) is 18.1 Å². The van der Waals surface area contributed by atoms with Crippen molar-refractivity contribution in [2.24, 2.45) is 0 Å². The summed E-state index contributed by atoms with van der Waals surface area (Å²) in [7, 11) is 0. The fraction of sp³-hybridized carbons (Fsp3) is 0.118. The molecule has 2 aromatic carbocycles. The molecule has 2 rings (SSSR count). The lowest BCUT2D eigenvalue weighted by Crippen LogP contribution is -2.10. The van der Waals surface area contributed by atoms with Crippen LogP contribution in [0.5, 0.6) is 5.75 Å². The van der Waals surface area contributed by atoms with Gasteiger partial charge in [-0.1, -0.05) is 24.3 Å². The lowest BCUT2D eigenvalue weighted by Gasteiger charge is -2.15. The fourth-order valence-electron chi connectivity index (χ4n) is 2.14. The topological polar surface area (TPSA) is 92.7 Å². The summed E-state index contributed by atoms with van der Waals surface area (Å²) in [5, 5.41) is 11.8. The number of carbonyl (C=O) groups excluding carboxylic acids is 2. The number of amides is 1. The normalized spacial score (nSPS) is 9.96. The van der Waals surface area contributed by atoms with E-state index in [2.05, 4.69) is 5.32 Å². The van der Waals surface area contributed by atoms with E-state index in [9.17, 15) is 14.4 Å². The second-order valence-corrected chi connectivity index (χ2v) is 4.72. The van der Waals surface area contributed by atoms with Gasteiger partial charge < -0.3 is 15.2 Å². The van der Waals surface area contributed by atoms with Gasteiger partial charge in [-0.15, -0.1) is 0 Å². The Balaban J connectivity index is 2.56. The summed E-state index contributed by atoms with van der Waals surface area (Å²) in [6.45, 7) is 1.21. The molecule has 0 aliphatic carbocycles. The summed E-state index contributed by atoms with van der Waals surface area (Å²) in [6.07, 6.45) is 0.606. The minimum Gasteiger partial charge on any atom is -0.484 e. The van der Waals surface area contributed by atoms with Gasteiger partial charge in [-0.3, -0.25) is 9.59 Å². The van der Waals surface area contributed by atoms with Gasteiger partial charge in [0.05, 0.1) is 11.3 Å². The summed E-state index contributed by atoms with van der Waals surface area (Å²) in [6, 6.07) is 11.4. The van der Waals surface area contributed by atoms with Gasteiger partial charge in [0, 0.05) is 12.5 Å². The molecule has 118 valence electrons. The SMILES string of the molecule is CC(=O)Nc1c(OCC=O)cccc1-c1cccc(C(=O)O)c1. The standard InChI is InChI=1S/C17H15NO5/c1-11(20)18-16-14(6-3-7-15(16)23-9-8-19)12-4-2-5-13(10-12)17(21)22/h2-8,10H,9H2,1H3,(H,18,20)(H,21,22). The third kappa shape index (κ3) is 3.94. The van der Waals surface area contributed by atoms with Crippen molar-refractivity contribution < 1.29 is 24.2 Å². The molecular weight excluding hydrogens is 298 g/mol. The van der Waals surface area contributed by atoms with Gasteiger partial charge in [0.15, 0.2) is 6.29 Å². The molecule has 2 N–H and O–H groups in total. The van der Waals surface area contributed by atoms with E-state index >= 15 is 0 Å². The Hall–Kier alpha value is -3.15. The Kier molecular flexibility index (Phi) is 5.09. The highest BCUT2D eigenvalue weighted by atomic mass is 16.5. The van der Waals surface area contributed by atoms with E-state index in [1.54, 1.807) is 30.3 Å². The molecule has 0 aliphatic rings. The van der Waals surface area contributed by atoms with Gasteiger partial charge >= 0.3 is 5.97 Å². The zero-order chi connectivity index (χ0) is 16.8. The maximum Gasteiger partial charge on any atom is 0.335 e. The molecule has 0 saturated carbocycles. The summed E-state index contributed by atoms with van der Waals surface area (Å²) >= 11 is 0. The molecule has 6 heteroatoms. The number of hydrogen-bond acceptors (Lipinski definition) is 4. The molecule has 0 spiro atoms. The predicted octanol–water partition coefficient (Wildman–Crippen LogP) is 2.59. The van der Waals surface area contributed by atoms with Crippen molar-refractivity contribution >= 4 is 23.9 Å². The first-order valence-electron chi connectivity index (χ1n) is 6.83. The maximum atomic E-state index is 11.5. The van der Waals surface area contributed by atoms with Crippen LogP contribution in [-0.4, -0.2) is 29.9 Å². The number of benzene rings is 2. The number of ether oxygens (including phenoxy) is 1. The highest BCUT2D eigenvalue weighted by Gasteiger charge is 2.14. The second kappa shape index (κ2) is 7.22. The lowest BCUT2D eigenvalue weighted by atomic mass is 10.0. The summed E-state index contributed by atoms with van der Waals surface area (Å²) in [5.74, 6) is -1.00. The highest BCUT2D eigenvalue weighted by Crippen LogP contribution is 2.36. The Morgan fingerprint density at radius 2 is 1.96 bits per heavy atom. The Labute approximate surface area is 132 Å². The van der Waals surface area contributed by atoms with Crippen LogP contribution in [0.25, 0.3) is 11.1 Å². The molecule has 23 heavy (non-hydrogen) atoms. The number of hydrogen-bond donors (Lipinski definition) is 2. The first-order valence-corrected chi connectivity index (χ1v) is 6.83. The third-order valence-corrected chi connectivity index (χ3v) is 3.05. The minimum atomic E-state index is -1.04. The van der Waals surface area contributed by atoms with Crippen molar-refractivity contribution in [1.29, 1.82) is 0 Å². The van der Waals surface area contributed by atoms with E-state index in [4.69, 9.17) is 9.84 Å². The second-order valence-electron chi connectivity index (χ2n) is 4.72. The third-order valence-electron chi connectivity index (χ3n) is 3.05. The molecule has 1 amide bonds. The average Bonchev–Trinajstić information content (AvgIpc) is 2.53. The maximum absolute atomic E-state index is 11.5. The number of carboxylic acid groups (broad SMARTS) is 1. The molecule has 0 fully saturated rings. The molecule has 0 heterocycles. The van der Waals surface area contributed by atoms with Crippen molar-refractivity contribution in [2.75, 3.05) is 11.9 Å². The number of carbonyl (C=O) groups is 3. The molecule has 0 atom stereocenters. The molecular formula is C17H15NO5. The largest absolute Gasteiger partial charge is 0.484 e. The van der Waals surface area contributed by atoms with Crippen LogP contribution in [0.15, 0.2) is 42.5 Å². The lowest BCUT2D eigenvalue weighted by molar-refractivity contribution is -0.114. The Bertz CT molecular complexity index is 754. The molecule has 6 nitrogen and oxygen atoms in total. The van der Waals surface area contributed by atoms with Gasteiger partial charge in [0.25, 0.3) is 0 Å². The number of aromatic carboxylic acids is 1. The average molecular weight is 313 g/mol. The zero-order valence-corrected chi connectivity index (χ0v) is 12.4. The van der Waals surface area contributed by atoms with Gasteiger partial charge in [0.2, 0.25) is 5.91 Å². The Morgan fingerprint density at radius 3 is 2.61 bits per heavy atom. The first-order chi connectivity index (χ1) is 11.0. The van der Waals surface area contributed by atoms with Crippen LogP contribution in [0.3, 0.4) is 0 Å². The molecule has 0 aliphatic heterocycles. The molecule has 0 bridgehead atoms. The van der Waals surface area contributed by atoms with E-state index in [0.29, 0.717) is 28.8 Å². The van der Waals surface area contributed by atoms with Crippen LogP contribution in [-0.2, 0) is 9.59 Å². The van der Waals surface area contributed by atoms with Crippen LogP contribution in [0.1, 0.15) is 17.3 Å². The molecule has 0 saturated heterocycles. The summed E-state index contributed by atoms with van der Waals surface area (Å²) in [5.41, 5.74) is 1.75. The minimum absolute atomic E-state index is 0.135. The number of nitrogens with one attached hydrogen (secondary N) is 1. The smallest absolute Gasteiger partial charge is 0.335 e. The van der Waals surface area contributed by atoms with Crippen molar-refractivity contribution in [1.82, 2.24) is 0 Å².